The van der Waals surface area contributed by atoms with Crippen LogP contribution in [0.2, 0.25) is 0 Å². The van der Waals surface area contributed by atoms with Gasteiger partial charge in [-0.3, -0.25) is 9.32 Å². The second-order valence-electron chi connectivity index (χ2n) is 20.4. The number of allylic oxidation sites excluding steroid dienone is 7. The molecule has 402 valence electrons. The van der Waals surface area contributed by atoms with Gasteiger partial charge in [0, 0.05) is 68.3 Å². The van der Waals surface area contributed by atoms with E-state index in [1.165, 1.54) is 26.6 Å². The van der Waals surface area contributed by atoms with Gasteiger partial charge in [-0.25, -0.2) is 9.55 Å². The summed E-state index contributed by atoms with van der Waals surface area (Å²) in [7, 11) is 1.13. The number of aliphatic hydroxyl groups excluding tert-OH is 5. The number of aromatic nitrogens is 1. The molecule has 20 heteroatoms. The summed E-state index contributed by atoms with van der Waals surface area (Å²) in [5, 5.41) is 67.4. The number of rotatable bonds is 26. The third-order valence-electron chi connectivity index (χ3n) is 14.2. The molecule has 2 aliphatic rings. The number of carbonyl (C=O) groups excluding carboxylic acids is 1. The average Bonchev–Trinajstić information content (AvgIpc) is 3.84. The Kier molecular flexibility index (Phi) is 23.7. The molecule has 1 amide bonds. The Morgan fingerprint density at radius 3 is 2.31 bits per heavy atom. The predicted molar refractivity (Wildman–Crippen MR) is 267 cm³/mol. The SMILES string of the molecule is COC[C@H]([C@@H](O)[C@@H](O)C(=O)N[C@@H](C)C[C@@H](C)c1nc(/C=C/C[C@H]2O[C@@]3(C[C@H](O)[C@H]2C)O[C@@H]([C@@H](C[C@@H](O)[C@@H](C)[C@@H](O)[C@@H](C)/C=C(C)/C(C)=C/C=C/C(C)=C\C#N)OC)[C@@H](OP(=O)(O)O)C3(C)C)co1)N(C)C. The monoisotopic (exact) mass is 1020 g/mol. The number of nitrogens with zero attached hydrogens (tertiary/aromatic N) is 3. The van der Waals surface area contributed by atoms with Gasteiger partial charge in [0.15, 0.2) is 17.8 Å². The minimum absolute atomic E-state index is 0.0661. The van der Waals surface area contributed by atoms with Gasteiger partial charge >= 0.3 is 7.82 Å². The molecular weight excluding hydrogens is 940 g/mol. The summed E-state index contributed by atoms with van der Waals surface area (Å²) in [5.74, 6) is -3.67. The predicted octanol–water partition coefficient (Wildman–Crippen LogP) is 5.08. The molecule has 16 atom stereocenters. The number of aliphatic hydroxyl groups is 5. The summed E-state index contributed by atoms with van der Waals surface area (Å²) in [5.41, 5.74) is 1.87. The fourth-order valence-corrected chi connectivity index (χ4v) is 10.0. The van der Waals surface area contributed by atoms with E-state index in [1.807, 2.05) is 78.0 Å². The van der Waals surface area contributed by atoms with Crippen molar-refractivity contribution in [2.24, 2.45) is 23.2 Å². The Morgan fingerprint density at radius 1 is 1.06 bits per heavy atom. The first-order valence-electron chi connectivity index (χ1n) is 24.2. The number of carbonyl (C=O) groups is 1. The Labute approximate surface area is 420 Å². The normalized spacial score (nSPS) is 27.8. The molecule has 0 aromatic carbocycles. The number of amides is 1. The molecule has 0 aliphatic carbocycles. The zero-order valence-corrected chi connectivity index (χ0v) is 44.9. The summed E-state index contributed by atoms with van der Waals surface area (Å²) < 4.78 is 48.3. The van der Waals surface area contributed by atoms with E-state index in [9.17, 15) is 44.7 Å². The lowest BCUT2D eigenvalue weighted by molar-refractivity contribution is -0.334. The molecule has 0 bridgehead atoms. The Morgan fingerprint density at radius 2 is 1.72 bits per heavy atom. The lowest BCUT2D eigenvalue weighted by atomic mass is 9.72. The van der Waals surface area contributed by atoms with E-state index in [2.05, 4.69) is 10.3 Å². The van der Waals surface area contributed by atoms with Crippen molar-refractivity contribution in [3.63, 3.8) is 0 Å². The van der Waals surface area contributed by atoms with Gasteiger partial charge in [-0.05, 0) is 71.9 Å². The standard InChI is InChI=1S/C51H83N4O15P/c1-29(21-22-52)17-15-18-30(2)31(3)23-32(4)43(58)36(8)39(56)25-42(66-14)46-47(70-71(62,63)64)50(9,10)51(69-46)26-40(57)35(7)41(68-51)20-16-19-37-27-67-49(54-37)33(5)24-34(6)53-48(61)45(60)44(59)38(28-65-13)55(11)12/h15-19,21,23,27,32-36,38-47,56-60H,20,24-26,28H2,1-14H3,(H,53,61)(H2,62,63,64)/b17-15+,19-16+,29-21-,30-18+,31-23+/t32-,33+,34-,35+,36+,38+,39+,40-,41+,42+,43-,44+,45+,46-,47+,51-/m0/s1. The van der Waals surface area contributed by atoms with E-state index in [1.54, 1.807) is 52.8 Å². The Hall–Kier alpha value is -3.42. The summed E-state index contributed by atoms with van der Waals surface area (Å²) in [6, 6.07) is 0.980. The number of phosphoric ester groups is 1. The maximum absolute atomic E-state index is 12.8. The van der Waals surface area contributed by atoms with Crippen LogP contribution in [-0.2, 0) is 32.8 Å². The molecule has 19 nitrogen and oxygen atoms in total. The molecule has 1 aromatic heterocycles. The van der Waals surface area contributed by atoms with Gasteiger partial charge in [0.1, 0.15) is 30.3 Å². The van der Waals surface area contributed by atoms with Gasteiger partial charge in [-0.2, -0.15) is 5.26 Å². The summed E-state index contributed by atoms with van der Waals surface area (Å²) in [4.78, 5) is 39.5. The molecule has 71 heavy (non-hydrogen) atoms. The molecule has 3 rings (SSSR count). The van der Waals surface area contributed by atoms with Gasteiger partial charge in [0.2, 0.25) is 0 Å². The molecule has 2 fully saturated rings. The van der Waals surface area contributed by atoms with Crippen molar-refractivity contribution in [3.05, 3.63) is 71.0 Å². The van der Waals surface area contributed by atoms with E-state index in [0.717, 1.165) is 16.7 Å². The number of methoxy groups -OCH3 is 2. The van der Waals surface area contributed by atoms with Crippen molar-refractivity contribution < 1.29 is 72.6 Å². The molecule has 1 aromatic rings. The largest absolute Gasteiger partial charge is 0.469 e. The number of nitriles is 1. The zero-order valence-electron chi connectivity index (χ0n) is 44.0. The maximum atomic E-state index is 12.8. The number of likely N-dealkylation sites (N-methyl/N-ethyl adjacent to an activating group) is 1. The van der Waals surface area contributed by atoms with Crippen molar-refractivity contribution in [1.82, 2.24) is 15.2 Å². The highest BCUT2D eigenvalue weighted by Gasteiger charge is 2.68. The van der Waals surface area contributed by atoms with Gasteiger partial charge < -0.3 is 68.9 Å². The Bertz CT molecular complexity index is 2110. The molecule has 2 saturated heterocycles. The minimum Gasteiger partial charge on any atom is -0.448 e. The highest BCUT2D eigenvalue weighted by atomic mass is 31.2. The number of ether oxygens (including phenoxy) is 4. The third kappa shape index (κ3) is 16.8. The second-order valence-corrected chi connectivity index (χ2v) is 21.6. The van der Waals surface area contributed by atoms with Crippen molar-refractivity contribution >= 4 is 19.8 Å². The van der Waals surface area contributed by atoms with Crippen LogP contribution >= 0.6 is 7.82 Å². The molecule has 1 spiro atoms. The highest BCUT2D eigenvalue weighted by Crippen LogP contribution is 2.59. The maximum Gasteiger partial charge on any atom is 0.469 e. The van der Waals surface area contributed by atoms with Crippen molar-refractivity contribution in [3.8, 4) is 6.07 Å². The first kappa shape index (κ1) is 61.9. The molecule has 3 heterocycles. The number of oxazole rings is 1. The fraction of sp³-hybridized carbons (Fsp3) is 0.706. The number of nitrogens with one attached hydrogen (secondary N) is 1. The average molecular weight is 1020 g/mol. The highest BCUT2D eigenvalue weighted by molar-refractivity contribution is 7.46. The van der Waals surface area contributed by atoms with Gasteiger partial charge in [-0.15, -0.1) is 0 Å². The summed E-state index contributed by atoms with van der Waals surface area (Å²) in [6.45, 7) is 18.2. The minimum atomic E-state index is -5.16. The van der Waals surface area contributed by atoms with Crippen LogP contribution in [0.3, 0.4) is 0 Å². The van der Waals surface area contributed by atoms with E-state index in [4.69, 9.17) is 33.2 Å². The quantitative estimate of drug-likeness (QED) is 0.0341. The molecule has 0 unspecified atom stereocenters. The second kappa shape index (κ2) is 27.2. The van der Waals surface area contributed by atoms with Crippen LogP contribution < -0.4 is 5.32 Å². The van der Waals surface area contributed by atoms with E-state index < -0.39 is 104 Å². The van der Waals surface area contributed by atoms with Crippen molar-refractivity contribution in [2.45, 2.75) is 174 Å². The number of hydrogen-bond donors (Lipinski definition) is 8. The van der Waals surface area contributed by atoms with E-state index in [-0.39, 0.29) is 37.7 Å². The van der Waals surface area contributed by atoms with Gasteiger partial charge in [-0.1, -0.05) is 77.5 Å². The lowest BCUT2D eigenvalue weighted by Gasteiger charge is -2.50. The van der Waals surface area contributed by atoms with Crippen LogP contribution in [0.15, 0.2) is 63.9 Å². The summed E-state index contributed by atoms with van der Waals surface area (Å²) >= 11 is 0. The van der Waals surface area contributed by atoms with Crippen LogP contribution in [0.1, 0.15) is 112 Å². The van der Waals surface area contributed by atoms with Crippen LogP contribution in [0.4, 0.5) is 0 Å². The van der Waals surface area contributed by atoms with Gasteiger partial charge in [0.25, 0.3) is 5.91 Å². The topological polar surface area (TPSA) is 287 Å². The van der Waals surface area contributed by atoms with Crippen LogP contribution in [-0.4, -0.2) is 159 Å². The van der Waals surface area contributed by atoms with Crippen molar-refractivity contribution in [1.29, 1.82) is 5.26 Å². The van der Waals surface area contributed by atoms with E-state index >= 15 is 0 Å². The fourth-order valence-electron chi connectivity index (χ4n) is 9.34. The van der Waals surface area contributed by atoms with Crippen molar-refractivity contribution in [2.75, 3.05) is 34.9 Å². The number of phosphoric acid groups is 1. The number of hydrogen-bond acceptors (Lipinski definition) is 16. The van der Waals surface area contributed by atoms with Crippen LogP contribution in [0.25, 0.3) is 6.08 Å². The third-order valence-corrected chi connectivity index (χ3v) is 14.7. The zero-order chi connectivity index (χ0) is 53.8. The van der Waals surface area contributed by atoms with E-state index in [0.29, 0.717) is 18.0 Å². The first-order chi connectivity index (χ1) is 33.0. The molecule has 0 saturated carbocycles. The lowest BCUT2D eigenvalue weighted by Crippen LogP contribution is -2.58. The van der Waals surface area contributed by atoms with Gasteiger partial charge in [0.05, 0.1) is 49.2 Å². The van der Waals surface area contributed by atoms with Crippen LogP contribution in [0.5, 0.6) is 0 Å². The molecule has 0 radical (unpaired) electrons. The smallest absolute Gasteiger partial charge is 0.448 e. The molecule has 8 N–H and O–H groups in total. The summed E-state index contributed by atoms with van der Waals surface area (Å²) in [6.07, 6.45) is 4.05. The molecule has 2 aliphatic heterocycles. The molecular formula is C51H83N4O15P. The Balaban J connectivity index is 1.76. The van der Waals surface area contributed by atoms with Crippen LogP contribution in [0, 0.1) is 34.5 Å². The first-order valence-corrected chi connectivity index (χ1v) is 25.8.